The molecule has 0 bridgehead atoms. The number of hydrogen-bond acceptors (Lipinski definition) is 5. The first-order chi connectivity index (χ1) is 12.5. The molecule has 130 valence electrons. The number of phenols is 1. The first-order valence-corrected chi connectivity index (χ1v) is 8.73. The largest absolute Gasteiger partial charge is 0.508 e. The third kappa shape index (κ3) is 2.75. The van der Waals surface area contributed by atoms with Crippen molar-refractivity contribution in [2.75, 3.05) is 0 Å². The molecule has 2 heterocycles. The van der Waals surface area contributed by atoms with Crippen LogP contribution in [0.5, 0.6) is 11.5 Å². The second kappa shape index (κ2) is 6.33. The van der Waals surface area contributed by atoms with Gasteiger partial charge in [-0.1, -0.05) is 18.2 Å². The number of carboxylic acids is 1. The number of fused-ring (bicyclic) bond motifs is 1. The zero-order valence-electron chi connectivity index (χ0n) is 13.4. The first-order valence-electron chi connectivity index (χ1n) is 7.85. The van der Waals surface area contributed by atoms with Gasteiger partial charge in [-0.25, -0.2) is 4.79 Å². The summed E-state index contributed by atoms with van der Waals surface area (Å²) in [7, 11) is 0. The summed E-state index contributed by atoms with van der Waals surface area (Å²) in [6.45, 7) is 0. The van der Waals surface area contributed by atoms with Crippen LogP contribution in [-0.2, 0) is 0 Å². The Hall–Kier alpha value is -3.09. The average molecular weight is 366 g/mol. The van der Waals surface area contributed by atoms with Gasteiger partial charge in [0.2, 0.25) is 0 Å². The van der Waals surface area contributed by atoms with Gasteiger partial charge in [-0.05, 0) is 41.3 Å². The van der Waals surface area contributed by atoms with Crippen molar-refractivity contribution in [1.29, 1.82) is 0 Å². The van der Waals surface area contributed by atoms with Crippen LogP contribution in [0.25, 0.3) is 11.3 Å². The minimum atomic E-state index is -1.01. The summed E-state index contributed by atoms with van der Waals surface area (Å²) >= 11 is 1.47. The Labute approximate surface area is 153 Å². The van der Waals surface area contributed by atoms with Gasteiger partial charge in [-0.15, -0.1) is 11.3 Å². The fourth-order valence-electron chi connectivity index (χ4n) is 2.95. The molecule has 1 atom stereocenters. The van der Waals surface area contributed by atoms with Crippen LogP contribution in [0.3, 0.4) is 0 Å². The summed E-state index contributed by atoms with van der Waals surface area (Å²) in [5.74, 6) is -0.0681. The maximum absolute atomic E-state index is 11.1. The lowest BCUT2D eigenvalue weighted by Gasteiger charge is -2.27. The van der Waals surface area contributed by atoms with E-state index in [9.17, 15) is 15.0 Å². The van der Waals surface area contributed by atoms with E-state index in [1.807, 2.05) is 17.5 Å². The fraction of sp³-hybridized carbons (Fsp3) is 0.0500. The third-order valence-electron chi connectivity index (χ3n) is 4.21. The van der Waals surface area contributed by atoms with Crippen LogP contribution < -0.4 is 4.74 Å². The topological polar surface area (TPSA) is 87.0 Å². The highest BCUT2D eigenvalue weighted by atomic mass is 32.1. The lowest BCUT2D eigenvalue weighted by Crippen LogP contribution is -2.14. The standard InChI is InChI=1S/C20H14O5S/c21-13-7-8-14-15(10-13)25-19(16-2-1-9-26-16)17(18(14)22)11-3-5-12(6-4-11)20(23)24/h1-10,18,21-22H,(H,23,24). The van der Waals surface area contributed by atoms with Gasteiger partial charge < -0.3 is 20.1 Å². The summed E-state index contributed by atoms with van der Waals surface area (Å²) < 4.78 is 6.03. The Morgan fingerprint density at radius 3 is 2.50 bits per heavy atom. The molecule has 0 spiro atoms. The number of aliphatic hydroxyl groups excluding tert-OH is 1. The van der Waals surface area contributed by atoms with Crippen LogP contribution >= 0.6 is 11.3 Å². The number of thiophene rings is 1. The first kappa shape index (κ1) is 16.4. The number of benzene rings is 2. The number of aromatic carboxylic acids is 1. The van der Waals surface area contributed by atoms with Crippen molar-refractivity contribution in [3.8, 4) is 11.5 Å². The second-order valence-electron chi connectivity index (χ2n) is 5.83. The molecule has 3 aromatic rings. The molecule has 0 fully saturated rings. The number of aliphatic hydroxyl groups is 1. The molecule has 1 aliphatic rings. The number of aromatic hydroxyl groups is 1. The van der Waals surface area contributed by atoms with Crippen molar-refractivity contribution in [2.45, 2.75) is 6.10 Å². The highest BCUT2D eigenvalue weighted by Gasteiger charge is 2.31. The van der Waals surface area contributed by atoms with E-state index < -0.39 is 12.1 Å². The lowest BCUT2D eigenvalue weighted by atomic mass is 9.90. The Morgan fingerprint density at radius 1 is 1.08 bits per heavy atom. The van der Waals surface area contributed by atoms with Crippen molar-refractivity contribution < 1.29 is 24.9 Å². The van der Waals surface area contributed by atoms with Crippen molar-refractivity contribution in [1.82, 2.24) is 0 Å². The van der Waals surface area contributed by atoms with E-state index in [0.29, 0.717) is 28.2 Å². The van der Waals surface area contributed by atoms with E-state index in [0.717, 1.165) is 4.88 Å². The summed E-state index contributed by atoms with van der Waals surface area (Å²) in [4.78, 5) is 11.9. The molecule has 0 amide bonds. The lowest BCUT2D eigenvalue weighted by molar-refractivity contribution is 0.0697. The Kier molecular flexibility index (Phi) is 3.99. The molecule has 2 aromatic carbocycles. The fourth-order valence-corrected chi connectivity index (χ4v) is 3.67. The molecule has 26 heavy (non-hydrogen) atoms. The van der Waals surface area contributed by atoms with Gasteiger partial charge in [0.1, 0.15) is 17.6 Å². The monoisotopic (exact) mass is 366 g/mol. The van der Waals surface area contributed by atoms with Crippen LogP contribution in [0, 0.1) is 0 Å². The van der Waals surface area contributed by atoms with Gasteiger partial charge in [0, 0.05) is 17.2 Å². The molecule has 1 aromatic heterocycles. The highest BCUT2D eigenvalue weighted by Crippen LogP contribution is 2.47. The maximum Gasteiger partial charge on any atom is 0.335 e. The van der Waals surface area contributed by atoms with E-state index >= 15 is 0 Å². The van der Waals surface area contributed by atoms with Gasteiger partial charge in [0.15, 0.2) is 5.76 Å². The van der Waals surface area contributed by atoms with Gasteiger partial charge in [-0.3, -0.25) is 0 Å². The van der Waals surface area contributed by atoms with Gasteiger partial charge in [0.25, 0.3) is 0 Å². The zero-order valence-corrected chi connectivity index (χ0v) is 14.2. The van der Waals surface area contributed by atoms with Crippen molar-refractivity contribution in [3.63, 3.8) is 0 Å². The Balaban J connectivity index is 1.89. The highest BCUT2D eigenvalue weighted by molar-refractivity contribution is 7.11. The second-order valence-corrected chi connectivity index (χ2v) is 6.78. The van der Waals surface area contributed by atoms with E-state index in [-0.39, 0.29) is 11.3 Å². The molecule has 4 rings (SSSR count). The smallest absolute Gasteiger partial charge is 0.335 e. The summed E-state index contributed by atoms with van der Waals surface area (Å²) in [5.41, 5.74) is 1.94. The predicted octanol–water partition coefficient (Wildman–Crippen LogP) is 4.15. The van der Waals surface area contributed by atoms with Gasteiger partial charge in [0.05, 0.1) is 10.4 Å². The van der Waals surface area contributed by atoms with E-state index in [1.54, 1.807) is 18.2 Å². The van der Waals surface area contributed by atoms with Crippen LogP contribution in [0.1, 0.15) is 32.5 Å². The average Bonchev–Trinajstić information content (AvgIpc) is 3.16. The number of hydrogen-bond donors (Lipinski definition) is 3. The zero-order chi connectivity index (χ0) is 18.3. The Bertz CT molecular complexity index is 1000. The molecule has 1 unspecified atom stereocenters. The molecular formula is C20H14O5S. The van der Waals surface area contributed by atoms with Crippen LogP contribution in [0.4, 0.5) is 0 Å². The van der Waals surface area contributed by atoms with Crippen molar-refractivity contribution in [3.05, 3.63) is 81.5 Å². The molecule has 0 saturated carbocycles. The van der Waals surface area contributed by atoms with Gasteiger partial charge in [-0.2, -0.15) is 0 Å². The number of rotatable bonds is 3. The summed E-state index contributed by atoms with van der Waals surface area (Å²) in [5, 5.41) is 31.7. The molecule has 0 radical (unpaired) electrons. The van der Waals surface area contributed by atoms with E-state index in [1.165, 1.54) is 35.6 Å². The van der Waals surface area contributed by atoms with Gasteiger partial charge >= 0.3 is 5.97 Å². The summed E-state index contributed by atoms with van der Waals surface area (Å²) in [6, 6.07) is 14.6. The predicted molar refractivity (Wildman–Crippen MR) is 98.2 cm³/mol. The van der Waals surface area contributed by atoms with Crippen LogP contribution in [0.2, 0.25) is 0 Å². The summed E-state index contributed by atoms with van der Waals surface area (Å²) in [6.07, 6.45) is -0.966. The molecule has 3 N–H and O–H groups in total. The Morgan fingerprint density at radius 2 is 1.85 bits per heavy atom. The number of carbonyl (C=O) groups is 1. The molecular weight excluding hydrogens is 352 g/mol. The SMILES string of the molecule is O=C(O)c1ccc(C2=C(c3cccs3)Oc3cc(O)ccc3C2O)cc1. The van der Waals surface area contributed by atoms with Crippen LogP contribution in [0.15, 0.2) is 60.0 Å². The molecule has 0 saturated heterocycles. The minimum Gasteiger partial charge on any atom is -0.508 e. The quantitative estimate of drug-likeness (QED) is 0.648. The number of phenolic OH excluding ortho intramolecular Hbond substituents is 1. The van der Waals surface area contributed by atoms with Crippen molar-refractivity contribution >= 4 is 28.6 Å². The third-order valence-corrected chi connectivity index (χ3v) is 5.08. The number of carboxylic acid groups (broad SMARTS) is 1. The maximum atomic E-state index is 11.1. The van der Waals surface area contributed by atoms with E-state index in [2.05, 4.69) is 0 Å². The minimum absolute atomic E-state index is 0.0516. The molecule has 6 heteroatoms. The molecule has 1 aliphatic heterocycles. The van der Waals surface area contributed by atoms with Crippen LogP contribution in [-0.4, -0.2) is 21.3 Å². The molecule has 5 nitrogen and oxygen atoms in total. The molecule has 0 aliphatic carbocycles. The van der Waals surface area contributed by atoms with Crippen molar-refractivity contribution in [2.24, 2.45) is 0 Å². The normalized spacial score (nSPS) is 16.1. The number of ether oxygens (including phenoxy) is 1. The van der Waals surface area contributed by atoms with E-state index in [4.69, 9.17) is 9.84 Å².